The molecule has 2 amide bonds. The summed E-state index contributed by atoms with van der Waals surface area (Å²) in [7, 11) is 1.07. The van der Waals surface area contributed by atoms with Crippen LogP contribution in [0, 0.1) is 17.6 Å². The summed E-state index contributed by atoms with van der Waals surface area (Å²) in [5.74, 6) is -8.41. The first-order chi connectivity index (χ1) is 19.4. The summed E-state index contributed by atoms with van der Waals surface area (Å²) in [6.07, 6.45) is -6.92. The van der Waals surface area contributed by atoms with E-state index in [1.54, 1.807) is 6.07 Å². The van der Waals surface area contributed by atoms with Gasteiger partial charge in [0.2, 0.25) is 11.7 Å². The molecule has 1 aliphatic rings. The van der Waals surface area contributed by atoms with Crippen LogP contribution in [0.25, 0.3) is 0 Å². The second kappa shape index (κ2) is 11.8. The zero-order chi connectivity index (χ0) is 31.3. The SMILES string of the molecule is CN(C(=O)c1cc(NC(=O)[C@H]2[C@H](c3ccc(Cl)c(Cl)c3)C2(Cl)Cl)ccc1Cl)c1ccc(F)c(CC(=O)C(F)(F)F)c1F. The zero-order valence-corrected chi connectivity index (χ0v) is 24.7. The third-order valence-corrected chi connectivity index (χ3v) is 8.60. The van der Waals surface area contributed by atoms with Gasteiger partial charge in [-0.1, -0.05) is 40.9 Å². The molecule has 0 aromatic heterocycles. The van der Waals surface area contributed by atoms with E-state index in [0.717, 1.165) is 13.1 Å². The Morgan fingerprint density at radius 3 is 2.19 bits per heavy atom. The molecular formula is C27H16Cl5F5N2O3. The lowest BCUT2D eigenvalue weighted by atomic mass is 10.0. The highest BCUT2D eigenvalue weighted by Crippen LogP contribution is 2.65. The second-order valence-corrected chi connectivity index (χ2v) is 12.0. The molecule has 4 rings (SSSR count). The van der Waals surface area contributed by atoms with Gasteiger partial charge in [-0.25, -0.2) is 8.78 Å². The summed E-state index contributed by atoms with van der Waals surface area (Å²) in [5, 5.41) is 3.00. The predicted molar refractivity (Wildman–Crippen MR) is 151 cm³/mol. The Balaban J connectivity index is 1.56. The average molecular weight is 689 g/mol. The lowest BCUT2D eigenvalue weighted by Crippen LogP contribution is -2.29. The van der Waals surface area contributed by atoms with Gasteiger partial charge in [-0.3, -0.25) is 14.4 Å². The third kappa shape index (κ3) is 6.33. The van der Waals surface area contributed by atoms with Gasteiger partial charge in [0.1, 0.15) is 10.2 Å². The first-order valence-electron chi connectivity index (χ1n) is 11.7. The number of amides is 2. The number of hydrogen-bond acceptors (Lipinski definition) is 3. The number of ketones is 1. The lowest BCUT2D eigenvalue weighted by molar-refractivity contribution is -0.170. The van der Waals surface area contributed by atoms with E-state index in [1.165, 1.54) is 30.3 Å². The van der Waals surface area contributed by atoms with E-state index in [-0.39, 0.29) is 21.3 Å². The molecule has 0 saturated heterocycles. The second-order valence-electron chi connectivity index (χ2n) is 9.31. The fraction of sp³-hybridized carbons (Fsp3) is 0.222. The quantitative estimate of drug-likeness (QED) is 0.200. The molecule has 15 heteroatoms. The van der Waals surface area contributed by atoms with Crippen LogP contribution in [0.2, 0.25) is 15.1 Å². The minimum absolute atomic E-state index is 0.0844. The maximum absolute atomic E-state index is 15.1. The van der Waals surface area contributed by atoms with E-state index in [0.29, 0.717) is 21.6 Å². The Labute approximate surface area is 260 Å². The number of alkyl halides is 5. The zero-order valence-electron chi connectivity index (χ0n) is 20.9. The molecule has 1 N–H and O–H groups in total. The van der Waals surface area contributed by atoms with Crippen molar-refractivity contribution in [3.05, 3.63) is 91.9 Å². The highest BCUT2D eigenvalue weighted by Gasteiger charge is 2.67. The maximum atomic E-state index is 15.1. The fourth-order valence-electron chi connectivity index (χ4n) is 4.32. The number of benzene rings is 3. The largest absolute Gasteiger partial charge is 0.450 e. The number of anilines is 2. The van der Waals surface area contributed by atoms with Gasteiger partial charge < -0.3 is 10.2 Å². The van der Waals surface area contributed by atoms with Crippen molar-refractivity contribution >= 4 is 87.0 Å². The first-order valence-corrected chi connectivity index (χ1v) is 13.6. The van der Waals surface area contributed by atoms with Crippen molar-refractivity contribution in [2.75, 3.05) is 17.3 Å². The molecule has 1 saturated carbocycles. The molecule has 0 radical (unpaired) electrons. The van der Waals surface area contributed by atoms with Crippen LogP contribution >= 0.6 is 58.0 Å². The fourth-order valence-corrected chi connectivity index (χ4v) is 5.65. The van der Waals surface area contributed by atoms with Crippen molar-refractivity contribution in [2.45, 2.75) is 22.8 Å². The molecule has 5 nitrogen and oxygen atoms in total. The van der Waals surface area contributed by atoms with Gasteiger partial charge in [-0.15, -0.1) is 23.2 Å². The van der Waals surface area contributed by atoms with Gasteiger partial charge in [0.25, 0.3) is 5.91 Å². The molecular weight excluding hydrogens is 673 g/mol. The lowest BCUT2D eigenvalue weighted by Gasteiger charge is -2.21. The van der Waals surface area contributed by atoms with E-state index in [1.807, 2.05) is 0 Å². The van der Waals surface area contributed by atoms with Crippen LogP contribution in [0.1, 0.15) is 27.4 Å². The van der Waals surface area contributed by atoms with Crippen molar-refractivity contribution in [3.63, 3.8) is 0 Å². The number of nitrogens with zero attached hydrogens (tertiary/aromatic N) is 1. The van der Waals surface area contributed by atoms with Gasteiger partial charge in [0.15, 0.2) is 5.82 Å². The van der Waals surface area contributed by atoms with Crippen LogP contribution in [-0.4, -0.2) is 35.2 Å². The number of carbonyl (C=O) groups is 3. The summed E-state index contributed by atoms with van der Waals surface area (Å²) in [6.45, 7) is 0. The summed E-state index contributed by atoms with van der Waals surface area (Å²) >= 11 is 30.9. The number of halogens is 10. The number of rotatable bonds is 7. The standard InChI is InChI=1S/C27H16Cl5F5N2O3/c1-39(19-7-6-18(33)14(23(19)34)10-20(40)27(35,36)37)25(42)13-9-12(3-5-15(13)28)38-24(41)22-21(26(22,31)32)11-2-4-16(29)17(30)8-11/h2-9,21-22H,10H2,1H3,(H,38,41)/t21-,22+/m0/s1. The van der Waals surface area contributed by atoms with Crippen molar-refractivity contribution in [3.8, 4) is 0 Å². The topological polar surface area (TPSA) is 66.5 Å². The number of Topliss-reactive ketones (excluding diaryl/α,β-unsaturated/α-hetero) is 1. The molecule has 1 aliphatic carbocycles. The molecule has 3 aromatic rings. The van der Waals surface area contributed by atoms with Gasteiger partial charge in [-0.05, 0) is 48.0 Å². The Kier molecular flexibility index (Phi) is 9.08. The van der Waals surface area contributed by atoms with Crippen LogP contribution in [0.15, 0.2) is 48.5 Å². The minimum Gasteiger partial charge on any atom is -0.326 e. The van der Waals surface area contributed by atoms with Gasteiger partial charge in [0, 0.05) is 30.6 Å². The highest BCUT2D eigenvalue weighted by atomic mass is 35.5. The summed E-state index contributed by atoms with van der Waals surface area (Å²) in [5.41, 5.74) is -1.36. The normalized spacial score (nSPS) is 17.5. The number of hydrogen-bond donors (Lipinski definition) is 1. The van der Waals surface area contributed by atoms with Crippen molar-refractivity contribution < 1.29 is 36.3 Å². The third-order valence-electron chi connectivity index (χ3n) is 6.59. The minimum atomic E-state index is -5.32. The van der Waals surface area contributed by atoms with Crippen LogP contribution < -0.4 is 10.2 Å². The molecule has 0 aliphatic heterocycles. The Morgan fingerprint density at radius 2 is 1.57 bits per heavy atom. The van der Waals surface area contributed by atoms with Gasteiger partial charge >= 0.3 is 6.18 Å². The first kappa shape index (κ1) is 32.3. The smallest absolute Gasteiger partial charge is 0.326 e. The molecule has 42 heavy (non-hydrogen) atoms. The van der Waals surface area contributed by atoms with Gasteiger partial charge in [-0.2, -0.15) is 13.2 Å². The van der Waals surface area contributed by atoms with E-state index in [2.05, 4.69) is 5.32 Å². The molecule has 0 spiro atoms. The van der Waals surface area contributed by atoms with Crippen LogP contribution in [0.3, 0.4) is 0 Å². The monoisotopic (exact) mass is 686 g/mol. The Hall–Kier alpha value is -2.63. The molecule has 0 unspecified atom stereocenters. The molecule has 222 valence electrons. The number of carbonyl (C=O) groups excluding carboxylic acids is 3. The number of nitrogens with one attached hydrogen (secondary N) is 1. The van der Waals surface area contributed by atoms with E-state index in [9.17, 15) is 31.9 Å². The van der Waals surface area contributed by atoms with Crippen molar-refractivity contribution in [1.29, 1.82) is 0 Å². The molecule has 3 aromatic carbocycles. The molecule has 2 atom stereocenters. The summed E-state index contributed by atoms with van der Waals surface area (Å²) in [6, 6.07) is 9.96. The maximum Gasteiger partial charge on any atom is 0.450 e. The molecule has 0 bridgehead atoms. The van der Waals surface area contributed by atoms with E-state index >= 15 is 4.39 Å². The summed E-state index contributed by atoms with van der Waals surface area (Å²) < 4.78 is 65.8. The van der Waals surface area contributed by atoms with E-state index in [4.69, 9.17) is 58.0 Å². The average Bonchev–Trinajstić information content (AvgIpc) is 3.49. The Morgan fingerprint density at radius 1 is 0.929 bits per heavy atom. The van der Waals surface area contributed by atoms with Crippen LogP contribution in [0.4, 0.5) is 33.3 Å². The predicted octanol–water partition coefficient (Wildman–Crippen LogP) is 8.40. The van der Waals surface area contributed by atoms with Crippen molar-refractivity contribution in [1.82, 2.24) is 0 Å². The van der Waals surface area contributed by atoms with Crippen LogP contribution in [-0.2, 0) is 16.0 Å². The Bertz CT molecular complexity index is 1620. The van der Waals surface area contributed by atoms with E-state index < -0.39 is 69.2 Å². The summed E-state index contributed by atoms with van der Waals surface area (Å²) in [4.78, 5) is 38.3. The highest BCUT2D eigenvalue weighted by molar-refractivity contribution is 6.53. The molecule has 0 heterocycles. The van der Waals surface area contributed by atoms with Crippen LogP contribution in [0.5, 0.6) is 0 Å². The van der Waals surface area contributed by atoms with Gasteiger partial charge in [0.05, 0.1) is 32.2 Å². The molecule has 1 fully saturated rings. The van der Waals surface area contributed by atoms with Crippen molar-refractivity contribution in [2.24, 2.45) is 5.92 Å².